The van der Waals surface area contributed by atoms with E-state index in [1.54, 1.807) is 12.4 Å². The molecule has 4 nitrogen and oxygen atoms in total. The van der Waals surface area contributed by atoms with E-state index in [-0.39, 0.29) is 6.03 Å². The Morgan fingerprint density at radius 1 is 1.67 bits per heavy atom. The van der Waals surface area contributed by atoms with Crippen molar-refractivity contribution in [1.82, 2.24) is 14.9 Å². The molecule has 4 heteroatoms. The molecule has 0 aliphatic rings. The van der Waals surface area contributed by atoms with Gasteiger partial charge in [-0.3, -0.25) is 4.57 Å². The number of rotatable bonds is 2. The lowest BCUT2D eigenvalue weighted by molar-refractivity contribution is 0.241. The minimum Gasteiger partial charge on any atom is -0.337 e. The fraction of sp³-hybridized carbons (Fsp3) is 0.500. The van der Waals surface area contributed by atoms with Crippen molar-refractivity contribution in [3.05, 3.63) is 18.7 Å². The molecule has 1 amide bonds. The van der Waals surface area contributed by atoms with Crippen molar-refractivity contribution in [1.29, 1.82) is 0 Å². The van der Waals surface area contributed by atoms with Crippen LogP contribution < -0.4 is 5.32 Å². The third kappa shape index (κ3) is 2.38. The Labute approximate surface area is 71.6 Å². The molecule has 12 heavy (non-hydrogen) atoms. The van der Waals surface area contributed by atoms with Gasteiger partial charge in [0.05, 0.1) is 0 Å². The summed E-state index contributed by atoms with van der Waals surface area (Å²) in [7, 11) is 0. The minimum absolute atomic E-state index is 0.124. The molecule has 0 radical (unpaired) electrons. The number of nitrogens with zero attached hydrogens (tertiary/aromatic N) is 2. The van der Waals surface area contributed by atoms with Crippen LogP contribution in [0.3, 0.4) is 0 Å². The van der Waals surface area contributed by atoms with Crippen molar-refractivity contribution in [2.24, 2.45) is 5.92 Å². The Kier molecular flexibility index (Phi) is 2.85. The molecule has 1 aromatic heterocycles. The number of amides is 1. The second kappa shape index (κ2) is 3.90. The number of aromatic nitrogens is 2. The maximum atomic E-state index is 11.2. The number of hydrogen-bond donors (Lipinski definition) is 1. The fourth-order valence-corrected chi connectivity index (χ4v) is 0.762. The van der Waals surface area contributed by atoms with Gasteiger partial charge in [0.15, 0.2) is 0 Å². The number of imidazole rings is 1. The molecule has 1 rings (SSSR count). The molecule has 0 bridgehead atoms. The van der Waals surface area contributed by atoms with Crippen LogP contribution in [0.15, 0.2) is 18.7 Å². The first-order valence-corrected chi connectivity index (χ1v) is 3.96. The Balaban J connectivity index is 2.40. The average molecular weight is 167 g/mol. The van der Waals surface area contributed by atoms with Gasteiger partial charge in [0.2, 0.25) is 0 Å². The Bertz CT molecular complexity index is 241. The number of carbonyl (C=O) groups is 1. The van der Waals surface area contributed by atoms with Gasteiger partial charge in [-0.05, 0) is 5.92 Å². The first-order valence-electron chi connectivity index (χ1n) is 3.96. The zero-order chi connectivity index (χ0) is 8.97. The first-order chi connectivity index (χ1) is 5.70. The third-order valence-electron chi connectivity index (χ3n) is 1.40. The summed E-state index contributed by atoms with van der Waals surface area (Å²) in [6.07, 6.45) is 4.68. The number of nitrogens with one attached hydrogen (secondary N) is 1. The molecule has 0 aromatic carbocycles. The molecular formula is C8H13N3O. The highest BCUT2D eigenvalue weighted by molar-refractivity contribution is 5.76. The maximum absolute atomic E-state index is 11.2. The molecule has 1 heterocycles. The highest BCUT2D eigenvalue weighted by Gasteiger charge is 2.02. The highest BCUT2D eigenvalue weighted by Crippen LogP contribution is 1.89. The van der Waals surface area contributed by atoms with Crippen molar-refractivity contribution >= 4 is 6.03 Å². The van der Waals surface area contributed by atoms with E-state index in [1.165, 1.54) is 10.9 Å². The van der Waals surface area contributed by atoms with E-state index < -0.39 is 0 Å². The molecule has 0 aliphatic carbocycles. The maximum Gasteiger partial charge on any atom is 0.326 e. The molecule has 0 unspecified atom stereocenters. The van der Waals surface area contributed by atoms with Crippen molar-refractivity contribution < 1.29 is 4.79 Å². The lowest BCUT2D eigenvalue weighted by Crippen LogP contribution is -2.30. The van der Waals surface area contributed by atoms with Crippen LogP contribution in [0.4, 0.5) is 4.79 Å². The molecule has 0 saturated heterocycles. The van der Waals surface area contributed by atoms with E-state index in [9.17, 15) is 4.79 Å². The molecule has 0 spiro atoms. The molecule has 0 saturated carbocycles. The van der Waals surface area contributed by atoms with E-state index in [1.807, 2.05) is 13.8 Å². The standard InChI is InChI=1S/C8H13N3O/c1-7(2)5-10-8(12)11-4-3-9-6-11/h3-4,6-7H,5H2,1-2H3,(H,10,12). The van der Waals surface area contributed by atoms with Crippen LogP contribution in [0, 0.1) is 5.92 Å². The van der Waals surface area contributed by atoms with Crippen LogP contribution in [0.25, 0.3) is 0 Å². The molecule has 1 N–H and O–H groups in total. The van der Waals surface area contributed by atoms with E-state index in [4.69, 9.17) is 0 Å². The van der Waals surface area contributed by atoms with Crippen LogP contribution in [0.5, 0.6) is 0 Å². The predicted molar refractivity (Wildman–Crippen MR) is 45.9 cm³/mol. The first kappa shape index (κ1) is 8.77. The van der Waals surface area contributed by atoms with Crippen molar-refractivity contribution in [2.75, 3.05) is 6.54 Å². The van der Waals surface area contributed by atoms with Gasteiger partial charge >= 0.3 is 6.03 Å². The molecule has 0 aliphatic heterocycles. The van der Waals surface area contributed by atoms with Crippen LogP contribution in [-0.4, -0.2) is 22.1 Å². The van der Waals surface area contributed by atoms with Crippen molar-refractivity contribution in [2.45, 2.75) is 13.8 Å². The second-order valence-corrected chi connectivity index (χ2v) is 3.05. The number of hydrogen-bond acceptors (Lipinski definition) is 2. The monoisotopic (exact) mass is 167 g/mol. The average Bonchev–Trinajstić information content (AvgIpc) is 2.51. The summed E-state index contributed by atoms with van der Waals surface area (Å²) in [6.45, 7) is 4.79. The predicted octanol–water partition coefficient (Wildman–Crippen LogP) is 1.10. The zero-order valence-corrected chi connectivity index (χ0v) is 7.32. The van der Waals surface area contributed by atoms with Gasteiger partial charge in [-0.1, -0.05) is 13.8 Å². The van der Waals surface area contributed by atoms with Gasteiger partial charge in [-0.25, -0.2) is 9.78 Å². The quantitative estimate of drug-likeness (QED) is 0.716. The van der Waals surface area contributed by atoms with Crippen molar-refractivity contribution in [3.8, 4) is 0 Å². The van der Waals surface area contributed by atoms with Gasteiger partial charge in [0, 0.05) is 18.9 Å². The summed E-state index contributed by atoms with van der Waals surface area (Å²) in [5, 5.41) is 2.77. The van der Waals surface area contributed by atoms with Gasteiger partial charge in [-0.15, -0.1) is 0 Å². The largest absolute Gasteiger partial charge is 0.337 e. The lowest BCUT2D eigenvalue weighted by Gasteiger charge is -2.06. The summed E-state index contributed by atoms with van der Waals surface area (Å²) in [5.41, 5.74) is 0. The summed E-state index contributed by atoms with van der Waals surface area (Å²) >= 11 is 0. The third-order valence-corrected chi connectivity index (χ3v) is 1.40. The summed E-state index contributed by atoms with van der Waals surface area (Å²) in [6, 6.07) is -0.124. The number of carbonyl (C=O) groups excluding carboxylic acids is 1. The molecule has 66 valence electrons. The Morgan fingerprint density at radius 2 is 2.42 bits per heavy atom. The van der Waals surface area contributed by atoms with Crippen LogP contribution >= 0.6 is 0 Å². The van der Waals surface area contributed by atoms with E-state index in [0.29, 0.717) is 12.5 Å². The van der Waals surface area contributed by atoms with E-state index in [2.05, 4.69) is 10.3 Å². The van der Waals surface area contributed by atoms with Crippen LogP contribution in [0.1, 0.15) is 13.8 Å². The summed E-state index contributed by atoms with van der Waals surface area (Å²) < 4.78 is 1.42. The summed E-state index contributed by atoms with van der Waals surface area (Å²) in [4.78, 5) is 15.0. The lowest BCUT2D eigenvalue weighted by atomic mass is 10.2. The zero-order valence-electron chi connectivity index (χ0n) is 7.32. The van der Waals surface area contributed by atoms with Gasteiger partial charge in [0.25, 0.3) is 0 Å². The minimum atomic E-state index is -0.124. The smallest absolute Gasteiger partial charge is 0.326 e. The van der Waals surface area contributed by atoms with E-state index >= 15 is 0 Å². The molecular weight excluding hydrogens is 154 g/mol. The molecule has 0 atom stereocenters. The normalized spacial score (nSPS) is 10.2. The second-order valence-electron chi connectivity index (χ2n) is 3.05. The SMILES string of the molecule is CC(C)CNC(=O)n1ccnc1. The van der Waals surface area contributed by atoms with E-state index in [0.717, 1.165) is 0 Å². The fourth-order valence-electron chi connectivity index (χ4n) is 0.762. The van der Waals surface area contributed by atoms with Crippen LogP contribution in [-0.2, 0) is 0 Å². The van der Waals surface area contributed by atoms with Gasteiger partial charge in [0.1, 0.15) is 6.33 Å². The van der Waals surface area contributed by atoms with Gasteiger partial charge < -0.3 is 5.32 Å². The Hall–Kier alpha value is -1.32. The summed E-state index contributed by atoms with van der Waals surface area (Å²) in [5.74, 6) is 0.470. The van der Waals surface area contributed by atoms with Crippen molar-refractivity contribution in [3.63, 3.8) is 0 Å². The molecule has 1 aromatic rings. The highest BCUT2D eigenvalue weighted by atomic mass is 16.2. The Morgan fingerprint density at radius 3 is 2.92 bits per heavy atom. The van der Waals surface area contributed by atoms with Crippen LogP contribution in [0.2, 0.25) is 0 Å². The topological polar surface area (TPSA) is 46.9 Å². The molecule has 0 fully saturated rings. The van der Waals surface area contributed by atoms with Gasteiger partial charge in [-0.2, -0.15) is 0 Å².